The van der Waals surface area contributed by atoms with Crippen LogP contribution in [0.3, 0.4) is 0 Å². The molecule has 17 heavy (non-hydrogen) atoms. The summed E-state index contributed by atoms with van der Waals surface area (Å²) in [4.78, 5) is 11.5. The molecule has 0 aliphatic rings. The first-order valence-corrected chi connectivity index (χ1v) is 5.60. The van der Waals surface area contributed by atoms with Crippen LogP contribution in [0.1, 0.15) is 23.7 Å². The lowest BCUT2D eigenvalue weighted by Gasteiger charge is -2.03. The van der Waals surface area contributed by atoms with Gasteiger partial charge in [-0.2, -0.15) is 0 Å². The third-order valence-electron chi connectivity index (χ3n) is 2.69. The maximum Gasteiger partial charge on any atom is 0.162 e. The Balaban J connectivity index is 2.32. The molecule has 0 atom stereocenters. The van der Waals surface area contributed by atoms with Gasteiger partial charge in [0.1, 0.15) is 5.82 Å². The Morgan fingerprint density at radius 3 is 2.35 bits per heavy atom. The van der Waals surface area contributed by atoms with E-state index in [0.717, 1.165) is 11.1 Å². The van der Waals surface area contributed by atoms with E-state index < -0.39 is 0 Å². The molecular formula is C15H13FO. The number of benzene rings is 2. The molecule has 0 heterocycles. The number of ketones is 1. The average Bonchev–Trinajstić information content (AvgIpc) is 2.38. The molecular weight excluding hydrogens is 215 g/mol. The predicted molar refractivity (Wildman–Crippen MR) is 66.5 cm³/mol. The van der Waals surface area contributed by atoms with E-state index in [2.05, 4.69) is 0 Å². The van der Waals surface area contributed by atoms with E-state index in [1.54, 1.807) is 18.2 Å². The Morgan fingerprint density at radius 2 is 1.76 bits per heavy atom. The first-order valence-electron chi connectivity index (χ1n) is 5.60. The fourth-order valence-corrected chi connectivity index (χ4v) is 1.72. The topological polar surface area (TPSA) is 17.1 Å². The molecule has 0 aliphatic heterocycles. The van der Waals surface area contributed by atoms with Crippen molar-refractivity contribution in [1.82, 2.24) is 0 Å². The first-order chi connectivity index (χ1) is 8.20. The van der Waals surface area contributed by atoms with Crippen molar-refractivity contribution >= 4 is 5.78 Å². The van der Waals surface area contributed by atoms with Gasteiger partial charge in [0.05, 0.1) is 0 Å². The van der Waals surface area contributed by atoms with Gasteiger partial charge in [0, 0.05) is 12.0 Å². The minimum atomic E-state index is -0.254. The highest BCUT2D eigenvalue weighted by atomic mass is 19.1. The molecule has 2 rings (SSSR count). The zero-order valence-electron chi connectivity index (χ0n) is 9.61. The van der Waals surface area contributed by atoms with E-state index in [9.17, 15) is 9.18 Å². The van der Waals surface area contributed by atoms with Gasteiger partial charge in [0.25, 0.3) is 0 Å². The molecule has 86 valence electrons. The third-order valence-corrected chi connectivity index (χ3v) is 2.69. The molecule has 0 fully saturated rings. The van der Waals surface area contributed by atoms with Crippen molar-refractivity contribution in [3.05, 3.63) is 59.9 Å². The van der Waals surface area contributed by atoms with E-state index >= 15 is 0 Å². The Morgan fingerprint density at radius 1 is 1.06 bits per heavy atom. The van der Waals surface area contributed by atoms with Crippen molar-refractivity contribution in [2.45, 2.75) is 13.3 Å². The Bertz CT molecular complexity index is 529. The van der Waals surface area contributed by atoms with Crippen LogP contribution >= 0.6 is 0 Å². The Labute approximate surface area is 99.9 Å². The number of hydrogen-bond donors (Lipinski definition) is 0. The van der Waals surface area contributed by atoms with Gasteiger partial charge in [0.2, 0.25) is 0 Å². The minimum Gasteiger partial charge on any atom is -0.294 e. The van der Waals surface area contributed by atoms with Crippen LogP contribution in [0, 0.1) is 5.82 Å². The summed E-state index contributed by atoms with van der Waals surface area (Å²) in [6.07, 6.45) is 0.499. The van der Waals surface area contributed by atoms with Gasteiger partial charge in [-0.05, 0) is 23.3 Å². The van der Waals surface area contributed by atoms with E-state index in [0.29, 0.717) is 12.0 Å². The van der Waals surface area contributed by atoms with Crippen LogP contribution in [-0.4, -0.2) is 5.78 Å². The molecule has 2 aromatic carbocycles. The van der Waals surface area contributed by atoms with Gasteiger partial charge in [-0.25, -0.2) is 4.39 Å². The second-order valence-corrected chi connectivity index (χ2v) is 3.86. The highest BCUT2D eigenvalue weighted by Crippen LogP contribution is 2.20. The van der Waals surface area contributed by atoms with Crippen molar-refractivity contribution in [3.8, 4) is 11.1 Å². The van der Waals surface area contributed by atoms with Crippen LogP contribution in [0.15, 0.2) is 48.5 Å². The summed E-state index contributed by atoms with van der Waals surface area (Å²) in [5.74, 6) is -0.132. The number of carbonyl (C=O) groups excluding carboxylic acids is 1. The predicted octanol–water partition coefficient (Wildman–Crippen LogP) is 4.09. The Hall–Kier alpha value is -1.96. The molecule has 0 amide bonds. The first kappa shape index (κ1) is 11.5. The van der Waals surface area contributed by atoms with E-state index in [-0.39, 0.29) is 11.6 Å². The number of halogens is 1. The molecule has 0 saturated carbocycles. The summed E-state index contributed by atoms with van der Waals surface area (Å²) in [5, 5.41) is 0. The van der Waals surface area contributed by atoms with E-state index in [1.165, 1.54) is 12.1 Å². The van der Waals surface area contributed by atoms with Crippen LogP contribution in [0.5, 0.6) is 0 Å². The average molecular weight is 228 g/mol. The number of hydrogen-bond acceptors (Lipinski definition) is 1. The molecule has 1 nitrogen and oxygen atoms in total. The molecule has 0 unspecified atom stereocenters. The lowest BCUT2D eigenvalue weighted by atomic mass is 10.0. The second-order valence-electron chi connectivity index (χ2n) is 3.86. The van der Waals surface area contributed by atoms with Gasteiger partial charge in [-0.3, -0.25) is 4.79 Å². The van der Waals surface area contributed by atoms with E-state index in [4.69, 9.17) is 0 Å². The molecule has 0 aliphatic carbocycles. The summed E-state index contributed by atoms with van der Waals surface area (Å²) in [7, 11) is 0. The van der Waals surface area contributed by atoms with Crippen molar-refractivity contribution in [3.63, 3.8) is 0 Å². The smallest absolute Gasteiger partial charge is 0.162 e. The molecule has 2 heteroatoms. The van der Waals surface area contributed by atoms with Crippen molar-refractivity contribution in [1.29, 1.82) is 0 Å². The molecule has 0 N–H and O–H groups in total. The lowest BCUT2D eigenvalue weighted by molar-refractivity contribution is 0.0988. The molecule has 0 saturated heterocycles. The van der Waals surface area contributed by atoms with Gasteiger partial charge < -0.3 is 0 Å². The highest BCUT2D eigenvalue weighted by Gasteiger charge is 2.03. The highest BCUT2D eigenvalue weighted by molar-refractivity contribution is 5.96. The normalized spacial score (nSPS) is 10.2. The van der Waals surface area contributed by atoms with Gasteiger partial charge in [-0.15, -0.1) is 0 Å². The summed E-state index contributed by atoms with van der Waals surface area (Å²) in [6.45, 7) is 1.84. The number of carbonyl (C=O) groups is 1. The monoisotopic (exact) mass is 228 g/mol. The Kier molecular flexibility index (Phi) is 3.33. The second kappa shape index (κ2) is 4.91. The summed E-state index contributed by atoms with van der Waals surface area (Å²) >= 11 is 0. The number of Topliss-reactive ketones (excluding diaryl/α,β-unsaturated/α-hetero) is 1. The van der Waals surface area contributed by atoms with Crippen LogP contribution in [0.4, 0.5) is 4.39 Å². The van der Waals surface area contributed by atoms with Crippen molar-refractivity contribution in [2.75, 3.05) is 0 Å². The van der Waals surface area contributed by atoms with Crippen molar-refractivity contribution in [2.24, 2.45) is 0 Å². The minimum absolute atomic E-state index is 0.121. The third kappa shape index (κ3) is 2.59. The summed E-state index contributed by atoms with van der Waals surface area (Å²) < 4.78 is 13.1. The van der Waals surface area contributed by atoms with Gasteiger partial charge in [0.15, 0.2) is 5.78 Å². The SMILES string of the molecule is CCC(=O)c1ccc(-c2cccc(F)c2)cc1. The van der Waals surface area contributed by atoms with Crippen LogP contribution in [0.2, 0.25) is 0 Å². The summed E-state index contributed by atoms with van der Waals surface area (Å²) in [5.41, 5.74) is 2.44. The van der Waals surface area contributed by atoms with Gasteiger partial charge in [-0.1, -0.05) is 43.3 Å². The molecule has 0 radical (unpaired) electrons. The zero-order chi connectivity index (χ0) is 12.3. The van der Waals surface area contributed by atoms with Crippen LogP contribution in [0.25, 0.3) is 11.1 Å². The maximum atomic E-state index is 13.1. The van der Waals surface area contributed by atoms with Gasteiger partial charge >= 0.3 is 0 Å². The van der Waals surface area contributed by atoms with Crippen molar-refractivity contribution < 1.29 is 9.18 Å². The zero-order valence-corrected chi connectivity index (χ0v) is 9.61. The largest absolute Gasteiger partial charge is 0.294 e. The molecule has 0 bridgehead atoms. The number of rotatable bonds is 3. The fraction of sp³-hybridized carbons (Fsp3) is 0.133. The molecule has 2 aromatic rings. The molecule has 0 aromatic heterocycles. The summed E-state index contributed by atoms with van der Waals surface area (Å²) in [6, 6.07) is 13.7. The standard InChI is InChI=1S/C15H13FO/c1-2-15(17)12-8-6-11(7-9-12)13-4-3-5-14(16)10-13/h3-10H,2H2,1H3. The van der Waals surface area contributed by atoms with E-state index in [1.807, 2.05) is 25.1 Å². The fourth-order valence-electron chi connectivity index (χ4n) is 1.72. The lowest BCUT2D eigenvalue weighted by Crippen LogP contribution is -1.95. The maximum absolute atomic E-state index is 13.1. The quantitative estimate of drug-likeness (QED) is 0.723. The molecule has 0 spiro atoms. The van der Waals surface area contributed by atoms with Crippen LogP contribution in [-0.2, 0) is 0 Å². The van der Waals surface area contributed by atoms with Crippen LogP contribution < -0.4 is 0 Å².